The zero-order valence-electron chi connectivity index (χ0n) is 18.0. The molecule has 4 rings (SSSR count). The van der Waals surface area contributed by atoms with E-state index in [1.54, 1.807) is 34.1 Å². The third-order valence-electron chi connectivity index (χ3n) is 5.19. The summed E-state index contributed by atoms with van der Waals surface area (Å²) < 4.78 is 1.63. The van der Waals surface area contributed by atoms with Crippen molar-refractivity contribution in [3.8, 4) is 22.5 Å². The van der Waals surface area contributed by atoms with E-state index in [0.717, 1.165) is 18.4 Å². The van der Waals surface area contributed by atoms with E-state index in [4.69, 9.17) is 11.5 Å². The molecule has 4 N–H and O–H groups in total. The van der Waals surface area contributed by atoms with Crippen molar-refractivity contribution in [3.05, 3.63) is 60.7 Å². The van der Waals surface area contributed by atoms with E-state index in [0.29, 0.717) is 53.6 Å². The molecule has 0 aromatic carbocycles. The first-order valence-corrected chi connectivity index (χ1v) is 10.6. The van der Waals surface area contributed by atoms with E-state index in [9.17, 15) is 4.79 Å². The van der Waals surface area contributed by atoms with Gasteiger partial charge in [0.05, 0.1) is 22.5 Å². The Morgan fingerprint density at radius 2 is 1.94 bits per heavy atom. The number of hydrogen-bond donors (Lipinski definition) is 2. The second-order valence-corrected chi connectivity index (χ2v) is 7.45. The predicted octanol–water partition coefficient (Wildman–Crippen LogP) is 2.64. The number of amides is 1. The van der Waals surface area contributed by atoms with Gasteiger partial charge in [-0.1, -0.05) is 19.4 Å². The standard InChI is InChI=1S/C23H26N8O/c1-2-3-11-30(12-9-24)23(32)16-7-8-18(27-13-16)17-14-28-22-20(19-6-4-5-10-26-19)21(25)29-31(22)15-17/h4-8,10,13-15H,2-3,9,11-12,24H2,1H3,(H2,25,29). The number of hydrogen-bond acceptors (Lipinski definition) is 7. The van der Waals surface area contributed by atoms with Crippen LogP contribution < -0.4 is 11.5 Å². The van der Waals surface area contributed by atoms with Crippen LogP contribution in [0.15, 0.2) is 55.1 Å². The number of pyridine rings is 2. The fraction of sp³-hybridized carbons (Fsp3) is 0.261. The fourth-order valence-electron chi connectivity index (χ4n) is 3.53. The van der Waals surface area contributed by atoms with Gasteiger partial charge in [0.25, 0.3) is 5.91 Å². The molecule has 0 unspecified atom stereocenters. The van der Waals surface area contributed by atoms with E-state index in [-0.39, 0.29) is 5.91 Å². The first-order valence-electron chi connectivity index (χ1n) is 10.6. The van der Waals surface area contributed by atoms with Crippen LogP contribution in [-0.2, 0) is 0 Å². The van der Waals surface area contributed by atoms with Gasteiger partial charge in [0.2, 0.25) is 0 Å². The van der Waals surface area contributed by atoms with Gasteiger partial charge in [-0.15, -0.1) is 5.10 Å². The lowest BCUT2D eigenvalue weighted by Gasteiger charge is -2.21. The molecule has 0 radical (unpaired) electrons. The smallest absolute Gasteiger partial charge is 0.255 e. The Labute approximate surface area is 186 Å². The van der Waals surface area contributed by atoms with Crippen molar-refractivity contribution in [2.45, 2.75) is 19.8 Å². The zero-order valence-corrected chi connectivity index (χ0v) is 18.0. The summed E-state index contributed by atoms with van der Waals surface area (Å²) >= 11 is 0. The monoisotopic (exact) mass is 430 g/mol. The molecule has 0 aliphatic carbocycles. The van der Waals surface area contributed by atoms with Crippen LogP contribution in [0, 0.1) is 0 Å². The number of carbonyl (C=O) groups is 1. The third kappa shape index (κ3) is 4.28. The van der Waals surface area contributed by atoms with Crippen molar-refractivity contribution in [3.63, 3.8) is 0 Å². The Kier molecular flexibility index (Phi) is 6.37. The first kappa shape index (κ1) is 21.4. The summed E-state index contributed by atoms with van der Waals surface area (Å²) in [5.74, 6) is 0.297. The largest absolute Gasteiger partial charge is 0.382 e. The second kappa shape index (κ2) is 9.52. The topological polar surface area (TPSA) is 128 Å². The van der Waals surface area contributed by atoms with Gasteiger partial charge in [-0.3, -0.25) is 14.8 Å². The quantitative estimate of drug-likeness (QED) is 0.440. The van der Waals surface area contributed by atoms with Crippen LogP contribution in [0.25, 0.3) is 28.2 Å². The van der Waals surface area contributed by atoms with Gasteiger partial charge < -0.3 is 16.4 Å². The van der Waals surface area contributed by atoms with Crippen molar-refractivity contribution in [1.29, 1.82) is 0 Å². The maximum atomic E-state index is 12.8. The Morgan fingerprint density at radius 1 is 1.06 bits per heavy atom. The minimum Gasteiger partial charge on any atom is -0.382 e. The van der Waals surface area contributed by atoms with Gasteiger partial charge in [0, 0.05) is 50.0 Å². The highest BCUT2D eigenvalue weighted by atomic mass is 16.2. The number of nitrogens with zero attached hydrogens (tertiary/aromatic N) is 6. The summed E-state index contributed by atoms with van der Waals surface area (Å²) in [5, 5.41) is 4.39. The summed E-state index contributed by atoms with van der Waals surface area (Å²) in [6.45, 7) is 3.74. The molecule has 164 valence electrons. The van der Waals surface area contributed by atoms with Crippen LogP contribution >= 0.6 is 0 Å². The SMILES string of the molecule is CCCCN(CCN)C(=O)c1ccc(-c2cnc3c(-c4ccccn4)c(N)nn3c2)nc1. The van der Waals surface area contributed by atoms with Crippen molar-refractivity contribution >= 4 is 17.4 Å². The molecular formula is C23H26N8O. The number of nitrogen functional groups attached to an aromatic ring is 1. The van der Waals surface area contributed by atoms with Crippen molar-refractivity contribution < 1.29 is 4.79 Å². The number of nitrogens with two attached hydrogens (primary N) is 2. The van der Waals surface area contributed by atoms with Crippen LogP contribution in [0.5, 0.6) is 0 Å². The van der Waals surface area contributed by atoms with E-state index in [2.05, 4.69) is 27.0 Å². The molecule has 0 aliphatic rings. The summed E-state index contributed by atoms with van der Waals surface area (Å²) in [6.07, 6.45) is 8.79. The van der Waals surface area contributed by atoms with Gasteiger partial charge in [-0.2, -0.15) is 0 Å². The highest BCUT2D eigenvalue weighted by Crippen LogP contribution is 2.28. The van der Waals surface area contributed by atoms with E-state index < -0.39 is 0 Å². The van der Waals surface area contributed by atoms with Crippen LogP contribution in [0.4, 0.5) is 5.82 Å². The van der Waals surface area contributed by atoms with Crippen molar-refractivity contribution in [2.24, 2.45) is 5.73 Å². The van der Waals surface area contributed by atoms with Crippen LogP contribution in [0.3, 0.4) is 0 Å². The lowest BCUT2D eigenvalue weighted by Crippen LogP contribution is -2.36. The molecule has 0 aliphatic heterocycles. The number of carbonyl (C=O) groups excluding carboxylic acids is 1. The van der Waals surface area contributed by atoms with E-state index >= 15 is 0 Å². The number of fused-ring (bicyclic) bond motifs is 1. The van der Waals surface area contributed by atoms with Crippen LogP contribution in [0.1, 0.15) is 30.1 Å². The van der Waals surface area contributed by atoms with Gasteiger partial charge >= 0.3 is 0 Å². The second-order valence-electron chi connectivity index (χ2n) is 7.45. The van der Waals surface area contributed by atoms with Gasteiger partial charge in [-0.05, 0) is 30.7 Å². The highest BCUT2D eigenvalue weighted by molar-refractivity contribution is 5.94. The lowest BCUT2D eigenvalue weighted by atomic mass is 10.1. The fourth-order valence-corrected chi connectivity index (χ4v) is 3.53. The summed E-state index contributed by atoms with van der Waals surface area (Å²) in [4.78, 5) is 28.0. The maximum absolute atomic E-state index is 12.8. The molecule has 9 heteroatoms. The van der Waals surface area contributed by atoms with Gasteiger partial charge in [0.1, 0.15) is 0 Å². The third-order valence-corrected chi connectivity index (χ3v) is 5.19. The first-order chi connectivity index (χ1) is 15.6. The lowest BCUT2D eigenvalue weighted by molar-refractivity contribution is 0.0757. The van der Waals surface area contributed by atoms with Crippen molar-refractivity contribution in [2.75, 3.05) is 25.4 Å². The Bertz CT molecular complexity index is 1200. The molecule has 0 atom stereocenters. The number of rotatable bonds is 8. The minimum absolute atomic E-state index is 0.0589. The average molecular weight is 431 g/mol. The number of aromatic nitrogens is 5. The zero-order chi connectivity index (χ0) is 22.5. The Morgan fingerprint density at radius 3 is 2.62 bits per heavy atom. The van der Waals surface area contributed by atoms with E-state index in [1.165, 1.54) is 0 Å². The molecular weight excluding hydrogens is 404 g/mol. The average Bonchev–Trinajstić information content (AvgIpc) is 3.16. The molecule has 0 saturated heterocycles. The van der Waals surface area contributed by atoms with E-state index in [1.807, 2.05) is 30.5 Å². The molecule has 0 bridgehead atoms. The molecule has 4 heterocycles. The Balaban J connectivity index is 1.60. The molecule has 9 nitrogen and oxygen atoms in total. The molecule has 4 aromatic rings. The summed E-state index contributed by atoms with van der Waals surface area (Å²) in [5.41, 5.74) is 15.8. The molecule has 0 spiro atoms. The predicted molar refractivity (Wildman–Crippen MR) is 124 cm³/mol. The van der Waals surface area contributed by atoms with Gasteiger partial charge in [0.15, 0.2) is 11.5 Å². The summed E-state index contributed by atoms with van der Waals surface area (Å²) in [6, 6.07) is 9.19. The molecule has 0 fully saturated rings. The summed E-state index contributed by atoms with van der Waals surface area (Å²) in [7, 11) is 0. The molecule has 32 heavy (non-hydrogen) atoms. The maximum Gasteiger partial charge on any atom is 0.255 e. The van der Waals surface area contributed by atoms with Crippen LogP contribution in [0.2, 0.25) is 0 Å². The van der Waals surface area contributed by atoms with Crippen molar-refractivity contribution in [1.82, 2.24) is 29.5 Å². The molecule has 1 amide bonds. The number of anilines is 1. The Hall–Kier alpha value is -3.85. The minimum atomic E-state index is -0.0589. The molecule has 0 saturated carbocycles. The number of unbranched alkanes of at least 4 members (excludes halogenated alkanes) is 1. The van der Waals surface area contributed by atoms with Gasteiger partial charge in [-0.25, -0.2) is 9.50 Å². The molecule has 4 aromatic heterocycles. The highest BCUT2D eigenvalue weighted by Gasteiger charge is 2.17. The normalized spacial score (nSPS) is 11.1. The van der Waals surface area contributed by atoms with Crippen LogP contribution in [-0.4, -0.2) is 55.0 Å².